The molecule has 0 aliphatic carbocycles. The summed E-state index contributed by atoms with van der Waals surface area (Å²) in [6.45, 7) is 8.05. The van der Waals surface area contributed by atoms with E-state index in [9.17, 15) is 18.4 Å². The standard InChI is InChI=1S/C28H33F2N3O3/c1-28(2,3)26(31-17-25(34)32-11-13-36-14-12-32)27(35)33-18-20(22-16-21(29)9-10-23(22)30)15-24(33)19-7-5-4-6-8-19/h4-10,15-16,24,26,31H,11-14,17-18H2,1-3H3/t24?,26-/m1/s1. The van der Waals surface area contributed by atoms with Crippen LogP contribution in [0.5, 0.6) is 0 Å². The summed E-state index contributed by atoms with van der Waals surface area (Å²) in [5.41, 5.74) is 1.06. The minimum Gasteiger partial charge on any atom is -0.378 e. The SMILES string of the molecule is CC(C)(C)[C@H](NCC(=O)N1CCOCC1)C(=O)N1CC(c2cc(F)ccc2F)=CC1c1ccccc1. The summed E-state index contributed by atoms with van der Waals surface area (Å²) in [5.74, 6) is -1.36. The Morgan fingerprint density at radius 2 is 1.78 bits per heavy atom. The molecule has 2 heterocycles. The van der Waals surface area contributed by atoms with Gasteiger partial charge in [0.1, 0.15) is 11.6 Å². The van der Waals surface area contributed by atoms with Crippen LogP contribution in [0.15, 0.2) is 54.6 Å². The van der Waals surface area contributed by atoms with Crippen LogP contribution < -0.4 is 5.32 Å². The number of ether oxygens (including phenoxy) is 1. The first-order valence-electron chi connectivity index (χ1n) is 12.3. The Morgan fingerprint density at radius 1 is 1.08 bits per heavy atom. The first-order valence-corrected chi connectivity index (χ1v) is 12.3. The third-order valence-corrected chi connectivity index (χ3v) is 6.67. The van der Waals surface area contributed by atoms with Crippen molar-refractivity contribution >= 4 is 17.4 Å². The second-order valence-electron chi connectivity index (χ2n) is 10.3. The Hall–Kier alpha value is -3.10. The van der Waals surface area contributed by atoms with Gasteiger partial charge in [-0.3, -0.25) is 14.9 Å². The van der Waals surface area contributed by atoms with Gasteiger partial charge in [-0.05, 0) is 34.8 Å². The Morgan fingerprint density at radius 3 is 2.44 bits per heavy atom. The zero-order valence-electron chi connectivity index (χ0n) is 21.0. The van der Waals surface area contributed by atoms with Crippen molar-refractivity contribution in [3.8, 4) is 0 Å². The van der Waals surface area contributed by atoms with E-state index in [1.165, 1.54) is 0 Å². The first-order chi connectivity index (χ1) is 17.1. The molecule has 192 valence electrons. The average Bonchev–Trinajstić information content (AvgIpc) is 3.31. The van der Waals surface area contributed by atoms with Gasteiger partial charge in [0, 0.05) is 25.2 Å². The van der Waals surface area contributed by atoms with Gasteiger partial charge in [0.25, 0.3) is 0 Å². The molecule has 2 amide bonds. The number of morpholine rings is 1. The number of nitrogens with one attached hydrogen (secondary N) is 1. The van der Waals surface area contributed by atoms with Gasteiger partial charge in [0.05, 0.1) is 31.8 Å². The summed E-state index contributed by atoms with van der Waals surface area (Å²) in [6.07, 6.45) is 1.82. The van der Waals surface area contributed by atoms with E-state index < -0.39 is 29.1 Å². The van der Waals surface area contributed by atoms with Crippen LogP contribution in [0, 0.1) is 17.0 Å². The summed E-state index contributed by atoms with van der Waals surface area (Å²) in [6, 6.07) is 11.7. The number of nitrogens with zero attached hydrogens (tertiary/aromatic N) is 2. The zero-order valence-corrected chi connectivity index (χ0v) is 21.0. The lowest BCUT2D eigenvalue weighted by Crippen LogP contribution is -2.55. The van der Waals surface area contributed by atoms with Crippen LogP contribution in [0.2, 0.25) is 0 Å². The summed E-state index contributed by atoms with van der Waals surface area (Å²) in [5, 5.41) is 3.20. The molecular weight excluding hydrogens is 464 g/mol. The Balaban J connectivity index is 1.60. The second-order valence-corrected chi connectivity index (χ2v) is 10.3. The van der Waals surface area contributed by atoms with E-state index >= 15 is 0 Å². The third-order valence-electron chi connectivity index (χ3n) is 6.67. The number of halogens is 2. The van der Waals surface area contributed by atoms with Gasteiger partial charge in [-0.25, -0.2) is 8.78 Å². The highest BCUT2D eigenvalue weighted by Crippen LogP contribution is 2.37. The van der Waals surface area contributed by atoms with Crippen LogP contribution >= 0.6 is 0 Å². The maximum atomic E-state index is 14.6. The Bertz CT molecular complexity index is 1120. The van der Waals surface area contributed by atoms with E-state index in [0.717, 1.165) is 23.8 Å². The molecule has 2 aliphatic rings. The van der Waals surface area contributed by atoms with Gasteiger partial charge >= 0.3 is 0 Å². The van der Waals surface area contributed by atoms with Crippen molar-refractivity contribution in [2.75, 3.05) is 39.4 Å². The minimum atomic E-state index is -0.668. The summed E-state index contributed by atoms with van der Waals surface area (Å²) >= 11 is 0. The molecule has 1 unspecified atom stereocenters. The smallest absolute Gasteiger partial charge is 0.241 e. The van der Waals surface area contributed by atoms with Crippen LogP contribution in [0.1, 0.15) is 37.9 Å². The van der Waals surface area contributed by atoms with Crippen molar-refractivity contribution < 1.29 is 23.1 Å². The van der Waals surface area contributed by atoms with Crippen molar-refractivity contribution in [1.29, 1.82) is 0 Å². The topological polar surface area (TPSA) is 61.9 Å². The van der Waals surface area contributed by atoms with Crippen molar-refractivity contribution in [3.05, 3.63) is 77.4 Å². The first kappa shape index (κ1) is 26.0. The van der Waals surface area contributed by atoms with Crippen molar-refractivity contribution in [2.24, 2.45) is 5.41 Å². The van der Waals surface area contributed by atoms with Gasteiger partial charge in [-0.1, -0.05) is 57.2 Å². The third kappa shape index (κ3) is 5.82. The van der Waals surface area contributed by atoms with E-state index in [4.69, 9.17) is 4.74 Å². The normalized spacial score (nSPS) is 19.2. The molecule has 1 fully saturated rings. The maximum Gasteiger partial charge on any atom is 0.241 e. The molecule has 4 rings (SSSR count). The van der Waals surface area contributed by atoms with Gasteiger partial charge < -0.3 is 14.5 Å². The summed E-state index contributed by atoms with van der Waals surface area (Å²) < 4.78 is 33.9. The van der Waals surface area contributed by atoms with Crippen LogP contribution in [-0.2, 0) is 14.3 Å². The number of carbonyl (C=O) groups excluding carboxylic acids is 2. The molecule has 2 atom stereocenters. The number of amides is 2. The number of rotatable bonds is 6. The predicted octanol–water partition coefficient (Wildman–Crippen LogP) is 3.79. The van der Waals surface area contributed by atoms with Gasteiger partial charge in [-0.15, -0.1) is 0 Å². The molecule has 1 saturated heterocycles. The fourth-order valence-electron chi connectivity index (χ4n) is 4.72. The second kappa shape index (κ2) is 10.9. The Kier molecular flexibility index (Phi) is 7.85. The number of hydrogen-bond donors (Lipinski definition) is 1. The Labute approximate surface area is 210 Å². The molecule has 2 aromatic rings. The van der Waals surface area contributed by atoms with Crippen LogP contribution in [-0.4, -0.2) is 67.0 Å². The van der Waals surface area contributed by atoms with Crippen molar-refractivity contribution in [2.45, 2.75) is 32.9 Å². The highest BCUT2D eigenvalue weighted by Gasteiger charge is 2.40. The van der Waals surface area contributed by atoms with Gasteiger partial charge in [-0.2, -0.15) is 0 Å². The minimum absolute atomic E-state index is 0.0241. The molecule has 0 bridgehead atoms. The van der Waals surface area contributed by atoms with E-state index in [2.05, 4.69) is 5.32 Å². The molecule has 0 aromatic heterocycles. The molecule has 0 saturated carbocycles. The van der Waals surface area contributed by atoms with Crippen molar-refractivity contribution in [3.63, 3.8) is 0 Å². The van der Waals surface area contributed by atoms with Crippen LogP contribution in [0.3, 0.4) is 0 Å². The number of benzene rings is 2. The zero-order chi connectivity index (χ0) is 25.9. The molecule has 1 N–H and O–H groups in total. The van der Waals surface area contributed by atoms with Crippen LogP contribution in [0.4, 0.5) is 8.78 Å². The highest BCUT2D eigenvalue weighted by molar-refractivity contribution is 5.88. The van der Waals surface area contributed by atoms with E-state index in [1.807, 2.05) is 57.2 Å². The fraction of sp³-hybridized carbons (Fsp3) is 0.429. The molecular formula is C28H33F2N3O3. The number of hydrogen-bond acceptors (Lipinski definition) is 4. The lowest BCUT2D eigenvalue weighted by molar-refractivity contribution is -0.138. The predicted molar refractivity (Wildman–Crippen MR) is 134 cm³/mol. The van der Waals surface area contributed by atoms with E-state index in [0.29, 0.717) is 31.9 Å². The summed E-state index contributed by atoms with van der Waals surface area (Å²) in [7, 11) is 0. The van der Waals surface area contributed by atoms with Gasteiger partial charge in [0.2, 0.25) is 11.8 Å². The fourth-order valence-corrected chi connectivity index (χ4v) is 4.72. The quantitative estimate of drug-likeness (QED) is 0.660. The lowest BCUT2D eigenvalue weighted by atomic mass is 9.85. The van der Waals surface area contributed by atoms with Gasteiger partial charge in [0.15, 0.2) is 0 Å². The van der Waals surface area contributed by atoms with Crippen molar-refractivity contribution in [1.82, 2.24) is 15.1 Å². The average molecular weight is 498 g/mol. The molecule has 0 spiro atoms. The molecule has 2 aromatic carbocycles. The largest absolute Gasteiger partial charge is 0.378 e. The van der Waals surface area contributed by atoms with Crippen LogP contribution in [0.25, 0.3) is 5.57 Å². The maximum absolute atomic E-state index is 14.6. The highest BCUT2D eigenvalue weighted by atomic mass is 19.1. The molecule has 6 nitrogen and oxygen atoms in total. The molecule has 36 heavy (non-hydrogen) atoms. The summed E-state index contributed by atoms with van der Waals surface area (Å²) in [4.78, 5) is 30.2. The lowest BCUT2D eigenvalue weighted by Gasteiger charge is -2.36. The molecule has 8 heteroatoms. The molecule has 2 aliphatic heterocycles. The monoisotopic (exact) mass is 497 g/mol. The number of carbonyl (C=O) groups is 2. The van der Waals surface area contributed by atoms with E-state index in [-0.39, 0.29) is 30.5 Å². The molecule has 0 radical (unpaired) electrons. The van der Waals surface area contributed by atoms with E-state index in [1.54, 1.807) is 9.80 Å².